The highest BCUT2D eigenvalue weighted by Gasteiger charge is 2.38. The lowest BCUT2D eigenvalue weighted by Gasteiger charge is -2.11. The SMILES string of the molecule is N#Cc1cc(Cl)cc(Oc2cc(CNC(=O)c3cccc(S(N)(=O)=O)c3)ccc2Cl)c1.O=C(O)C(F)(F)F. The highest BCUT2D eigenvalue weighted by molar-refractivity contribution is 7.89. The second kappa shape index (κ2) is 12.6. The summed E-state index contributed by atoms with van der Waals surface area (Å²) in [6, 6.07) is 16.9. The molecule has 9 nitrogen and oxygen atoms in total. The number of carbonyl (C=O) groups is 2. The largest absolute Gasteiger partial charge is 0.490 e. The van der Waals surface area contributed by atoms with Crippen LogP contribution in [0, 0.1) is 11.3 Å². The van der Waals surface area contributed by atoms with E-state index in [2.05, 4.69) is 5.32 Å². The van der Waals surface area contributed by atoms with Crippen LogP contribution in [0.1, 0.15) is 21.5 Å². The Morgan fingerprint density at radius 2 is 1.74 bits per heavy atom. The van der Waals surface area contributed by atoms with Gasteiger partial charge in [0, 0.05) is 17.1 Å². The van der Waals surface area contributed by atoms with Gasteiger partial charge in [0.15, 0.2) is 0 Å². The number of benzene rings is 3. The number of ether oxygens (including phenoxy) is 1. The first-order valence-electron chi connectivity index (χ1n) is 9.98. The molecule has 15 heteroatoms. The van der Waals surface area contributed by atoms with Crippen molar-refractivity contribution in [1.82, 2.24) is 5.32 Å². The van der Waals surface area contributed by atoms with Crippen LogP contribution in [0.4, 0.5) is 13.2 Å². The van der Waals surface area contributed by atoms with E-state index >= 15 is 0 Å². The zero-order valence-electron chi connectivity index (χ0n) is 18.8. The van der Waals surface area contributed by atoms with Crippen molar-refractivity contribution in [3.05, 3.63) is 87.4 Å². The van der Waals surface area contributed by atoms with Crippen molar-refractivity contribution in [3.8, 4) is 17.6 Å². The first-order chi connectivity index (χ1) is 17.6. The van der Waals surface area contributed by atoms with E-state index in [0.717, 1.165) is 0 Å². The molecular formula is C23H16Cl2F3N3O6S. The number of rotatable bonds is 6. The smallest absolute Gasteiger partial charge is 0.475 e. The molecule has 0 atom stereocenters. The monoisotopic (exact) mass is 589 g/mol. The zero-order valence-corrected chi connectivity index (χ0v) is 21.1. The Labute approximate surface area is 224 Å². The van der Waals surface area contributed by atoms with Gasteiger partial charge in [-0.15, -0.1) is 0 Å². The molecule has 0 aromatic heterocycles. The molecule has 38 heavy (non-hydrogen) atoms. The maximum atomic E-state index is 12.4. The number of carbonyl (C=O) groups excluding carboxylic acids is 1. The van der Waals surface area contributed by atoms with E-state index in [1.807, 2.05) is 6.07 Å². The van der Waals surface area contributed by atoms with Crippen LogP contribution in [0.15, 0.2) is 65.6 Å². The molecule has 3 rings (SSSR count). The van der Waals surface area contributed by atoms with E-state index < -0.39 is 28.1 Å². The van der Waals surface area contributed by atoms with Crippen molar-refractivity contribution in [3.63, 3.8) is 0 Å². The third kappa shape index (κ3) is 9.24. The Morgan fingerprint density at radius 1 is 1.08 bits per heavy atom. The normalized spacial score (nSPS) is 11.0. The van der Waals surface area contributed by atoms with Crippen LogP contribution >= 0.6 is 23.2 Å². The van der Waals surface area contributed by atoms with Crippen LogP contribution in [0.25, 0.3) is 0 Å². The Morgan fingerprint density at radius 3 is 2.32 bits per heavy atom. The summed E-state index contributed by atoms with van der Waals surface area (Å²) in [6.07, 6.45) is -5.08. The van der Waals surface area contributed by atoms with Crippen LogP contribution in [0.2, 0.25) is 10.0 Å². The summed E-state index contributed by atoms with van der Waals surface area (Å²) in [5.74, 6) is -2.58. The molecule has 0 saturated carbocycles. The molecule has 4 N–H and O–H groups in total. The number of alkyl halides is 3. The number of sulfonamides is 1. The van der Waals surface area contributed by atoms with Crippen molar-refractivity contribution in [2.75, 3.05) is 0 Å². The maximum Gasteiger partial charge on any atom is 0.490 e. The molecule has 0 radical (unpaired) electrons. The predicted molar refractivity (Wildman–Crippen MR) is 130 cm³/mol. The second-order valence-corrected chi connectivity index (χ2v) is 9.62. The van der Waals surface area contributed by atoms with Crippen LogP contribution in [-0.2, 0) is 21.4 Å². The molecule has 0 unspecified atom stereocenters. The predicted octanol–water partition coefficient (Wildman–Crippen LogP) is 4.87. The summed E-state index contributed by atoms with van der Waals surface area (Å²) >= 11 is 12.2. The summed E-state index contributed by atoms with van der Waals surface area (Å²) in [5, 5.41) is 24.6. The van der Waals surface area contributed by atoms with E-state index in [9.17, 15) is 26.4 Å². The number of hydrogen-bond acceptors (Lipinski definition) is 6. The highest BCUT2D eigenvalue weighted by Crippen LogP contribution is 2.32. The molecule has 0 heterocycles. The Kier molecular flexibility index (Phi) is 10.1. The van der Waals surface area contributed by atoms with Crippen molar-refractivity contribution in [2.45, 2.75) is 17.6 Å². The molecule has 0 bridgehead atoms. The summed E-state index contributed by atoms with van der Waals surface area (Å²) in [4.78, 5) is 21.1. The fourth-order valence-electron chi connectivity index (χ4n) is 2.65. The lowest BCUT2D eigenvalue weighted by molar-refractivity contribution is -0.192. The molecule has 0 fully saturated rings. The van der Waals surface area contributed by atoms with E-state index in [1.54, 1.807) is 24.3 Å². The number of halogens is 5. The number of carboxylic acid groups (broad SMARTS) is 1. The quantitative estimate of drug-likeness (QED) is 0.369. The number of nitrogens with two attached hydrogens (primary N) is 1. The van der Waals surface area contributed by atoms with Gasteiger partial charge in [-0.1, -0.05) is 35.3 Å². The van der Waals surface area contributed by atoms with E-state index in [1.165, 1.54) is 36.4 Å². The zero-order chi connectivity index (χ0) is 28.7. The summed E-state index contributed by atoms with van der Waals surface area (Å²) in [6.45, 7) is 0.130. The molecule has 200 valence electrons. The third-order valence-electron chi connectivity index (χ3n) is 4.34. The minimum absolute atomic E-state index is 0.130. The van der Waals surface area contributed by atoms with Gasteiger partial charge in [0.05, 0.1) is 21.6 Å². The number of nitrogens with one attached hydrogen (secondary N) is 1. The summed E-state index contributed by atoms with van der Waals surface area (Å²) in [5.41, 5.74) is 1.17. The molecule has 1 amide bonds. The third-order valence-corrected chi connectivity index (χ3v) is 5.79. The van der Waals surface area contributed by atoms with Gasteiger partial charge in [-0.05, 0) is 54.1 Å². The molecule has 0 aliphatic rings. The fourth-order valence-corrected chi connectivity index (χ4v) is 3.59. The van der Waals surface area contributed by atoms with Crippen molar-refractivity contribution >= 4 is 45.1 Å². The van der Waals surface area contributed by atoms with Gasteiger partial charge in [-0.25, -0.2) is 18.4 Å². The Hall–Kier alpha value is -3.83. The molecule has 3 aromatic rings. The van der Waals surface area contributed by atoms with Crippen LogP contribution in [0.3, 0.4) is 0 Å². The van der Waals surface area contributed by atoms with Crippen molar-refractivity contribution < 1.29 is 41.0 Å². The van der Waals surface area contributed by atoms with E-state index in [-0.39, 0.29) is 17.0 Å². The minimum Gasteiger partial charge on any atom is -0.475 e. The molecule has 0 aliphatic carbocycles. The van der Waals surface area contributed by atoms with Crippen molar-refractivity contribution in [2.24, 2.45) is 5.14 Å². The number of carboxylic acids is 1. The van der Waals surface area contributed by atoms with Gasteiger partial charge in [0.1, 0.15) is 11.5 Å². The van der Waals surface area contributed by atoms with Gasteiger partial charge in [0.25, 0.3) is 5.91 Å². The van der Waals surface area contributed by atoms with Gasteiger partial charge < -0.3 is 15.2 Å². The number of primary sulfonamides is 1. The van der Waals surface area contributed by atoms with Crippen LogP contribution in [-0.4, -0.2) is 31.6 Å². The summed E-state index contributed by atoms with van der Waals surface area (Å²) in [7, 11) is -3.91. The molecule has 0 spiro atoms. The minimum atomic E-state index is -5.08. The van der Waals surface area contributed by atoms with Gasteiger partial charge >= 0.3 is 12.1 Å². The standard InChI is InChI=1S/C21H15Cl2N3O4S.C2HF3O2/c22-16-6-14(11-24)7-17(10-16)30-20-8-13(4-5-19(20)23)12-26-21(27)15-2-1-3-18(9-15)31(25,28)29;3-2(4,5)1(6)7/h1-10H,12H2,(H,26,27)(H2,25,28,29);(H,6,7). The number of nitriles is 1. The topological polar surface area (TPSA) is 160 Å². The number of hydrogen-bond donors (Lipinski definition) is 3. The second-order valence-electron chi connectivity index (χ2n) is 7.21. The van der Waals surface area contributed by atoms with Crippen LogP contribution in [0.5, 0.6) is 11.5 Å². The first-order valence-corrected chi connectivity index (χ1v) is 12.3. The Bertz CT molecular complexity index is 1510. The molecule has 0 saturated heterocycles. The number of amides is 1. The first kappa shape index (κ1) is 30.4. The summed E-state index contributed by atoms with van der Waals surface area (Å²) < 4.78 is 60.4. The van der Waals surface area contributed by atoms with Gasteiger partial charge in [-0.3, -0.25) is 4.79 Å². The average Bonchev–Trinajstić information content (AvgIpc) is 2.83. The molecule has 0 aliphatic heterocycles. The number of nitrogens with zero attached hydrogens (tertiary/aromatic N) is 1. The highest BCUT2D eigenvalue weighted by atomic mass is 35.5. The van der Waals surface area contributed by atoms with Gasteiger partial charge in [-0.2, -0.15) is 18.4 Å². The lowest BCUT2D eigenvalue weighted by atomic mass is 10.2. The van der Waals surface area contributed by atoms with E-state index in [0.29, 0.717) is 32.7 Å². The number of aliphatic carboxylic acids is 1. The maximum absolute atomic E-state index is 12.4. The Balaban J connectivity index is 0.000000638. The molecular weight excluding hydrogens is 574 g/mol. The molecule has 3 aromatic carbocycles. The van der Waals surface area contributed by atoms with Crippen LogP contribution < -0.4 is 15.2 Å². The van der Waals surface area contributed by atoms with Gasteiger partial charge in [0.2, 0.25) is 10.0 Å². The lowest BCUT2D eigenvalue weighted by Crippen LogP contribution is -2.23. The van der Waals surface area contributed by atoms with Crippen molar-refractivity contribution in [1.29, 1.82) is 5.26 Å². The van der Waals surface area contributed by atoms with E-state index in [4.69, 9.17) is 48.2 Å². The average molecular weight is 590 g/mol. The fraction of sp³-hybridized carbons (Fsp3) is 0.0870.